The van der Waals surface area contributed by atoms with Crippen LogP contribution in [0.25, 0.3) is 6.08 Å². The number of carbonyl (C=O) groups excluding carboxylic acids is 1. The Bertz CT molecular complexity index is 1170. The molecule has 31 heavy (non-hydrogen) atoms. The molecule has 0 unspecified atom stereocenters. The highest BCUT2D eigenvalue weighted by molar-refractivity contribution is 14.1. The predicted molar refractivity (Wildman–Crippen MR) is 131 cm³/mol. The summed E-state index contributed by atoms with van der Waals surface area (Å²) in [6.45, 7) is 0.273. The Morgan fingerprint density at radius 2 is 1.97 bits per heavy atom. The molecule has 0 atom stereocenters. The van der Waals surface area contributed by atoms with E-state index in [9.17, 15) is 14.4 Å². The van der Waals surface area contributed by atoms with Crippen LogP contribution in [0.5, 0.6) is 5.75 Å². The monoisotopic (exact) mass is 610 g/mol. The van der Waals surface area contributed by atoms with E-state index in [1.165, 1.54) is 18.2 Å². The number of nitrogens with one attached hydrogen (secondary N) is 1. The Morgan fingerprint density at radius 3 is 2.61 bits per heavy atom. The number of hydrogen-bond acceptors (Lipinski definition) is 3. The summed E-state index contributed by atoms with van der Waals surface area (Å²) < 4.78 is 20.4. The van der Waals surface area contributed by atoms with Crippen molar-refractivity contribution in [3.05, 3.63) is 96.2 Å². The molecule has 0 heterocycles. The van der Waals surface area contributed by atoms with Gasteiger partial charge in [-0.15, -0.1) is 0 Å². The number of nitrogens with zero attached hydrogens (tertiary/aromatic N) is 1. The van der Waals surface area contributed by atoms with Crippen LogP contribution in [0.3, 0.4) is 0 Å². The second kappa shape index (κ2) is 10.8. The van der Waals surface area contributed by atoms with Crippen LogP contribution in [0, 0.1) is 20.7 Å². The van der Waals surface area contributed by atoms with Gasteiger partial charge in [0.05, 0.1) is 8.04 Å². The normalized spacial score (nSPS) is 11.0. The molecule has 0 fully saturated rings. The second-order valence-electron chi connectivity index (χ2n) is 6.36. The molecule has 0 aliphatic rings. The summed E-state index contributed by atoms with van der Waals surface area (Å²) in [6.07, 6.45) is 1.50. The molecule has 0 saturated carbocycles. The molecule has 0 aliphatic heterocycles. The van der Waals surface area contributed by atoms with Crippen LogP contribution in [0.2, 0.25) is 5.02 Å². The van der Waals surface area contributed by atoms with Gasteiger partial charge in [0, 0.05) is 10.7 Å². The Kier molecular flexibility index (Phi) is 8.07. The summed E-state index contributed by atoms with van der Waals surface area (Å²) in [6, 6.07) is 18.2. The zero-order valence-corrected chi connectivity index (χ0v) is 20.3. The van der Waals surface area contributed by atoms with Crippen molar-refractivity contribution >= 4 is 67.8 Å². The molecule has 0 aliphatic carbocycles. The van der Waals surface area contributed by atoms with Crippen molar-refractivity contribution in [3.8, 4) is 11.8 Å². The maximum absolute atomic E-state index is 13.0. The first-order valence-corrected chi connectivity index (χ1v) is 11.2. The summed E-state index contributed by atoms with van der Waals surface area (Å²) in [5.74, 6) is -0.222. The summed E-state index contributed by atoms with van der Waals surface area (Å²) in [5, 5.41) is 12.6. The van der Waals surface area contributed by atoms with Gasteiger partial charge >= 0.3 is 0 Å². The Labute approximate surface area is 205 Å². The highest BCUT2D eigenvalue weighted by atomic mass is 127. The molecular weight excluding hydrogens is 598 g/mol. The summed E-state index contributed by atoms with van der Waals surface area (Å²) >= 11 is 11.5. The molecule has 1 N–H and O–H groups in total. The molecule has 0 spiro atoms. The Hall–Kier alpha value is -2.41. The molecule has 0 radical (unpaired) electrons. The number of benzene rings is 3. The molecule has 8 heteroatoms. The van der Waals surface area contributed by atoms with Crippen molar-refractivity contribution < 1.29 is 13.9 Å². The largest absolute Gasteiger partial charge is 0.487 e. The molecule has 1 amide bonds. The van der Waals surface area contributed by atoms with E-state index < -0.39 is 5.91 Å². The maximum atomic E-state index is 13.0. The van der Waals surface area contributed by atoms with Crippen molar-refractivity contribution in [2.24, 2.45) is 0 Å². The number of nitriles is 1. The maximum Gasteiger partial charge on any atom is 0.266 e. The number of hydrogen-bond donors (Lipinski definition) is 1. The molecule has 0 aromatic heterocycles. The number of ether oxygens (including phenoxy) is 1. The Morgan fingerprint density at radius 1 is 1.23 bits per heavy atom. The average molecular weight is 612 g/mol. The van der Waals surface area contributed by atoms with Crippen molar-refractivity contribution in [2.75, 3.05) is 5.32 Å². The fourth-order valence-electron chi connectivity index (χ4n) is 2.62. The van der Waals surface area contributed by atoms with Crippen LogP contribution in [-0.2, 0) is 11.4 Å². The third-order valence-electron chi connectivity index (χ3n) is 4.08. The minimum absolute atomic E-state index is 0.0531. The van der Waals surface area contributed by atoms with Gasteiger partial charge in [-0.05, 0) is 98.2 Å². The number of rotatable bonds is 6. The molecule has 4 nitrogen and oxygen atoms in total. The first-order chi connectivity index (χ1) is 14.9. The van der Waals surface area contributed by atoms with E-state index in [1.54, 1.807) is 48.5 Å². The minimum atomic E-state index is -0.535. The first-order valence-electron chi connectivity index (χ1n) is 8.90. The average Bonchev–Trinajstić information content (AvgIpc) is 2.72. The molecule has 3 aromatic rings. The zero-order valence-electron chi connectivity index (χ0n) is 15.8. The molecule has 0 saturated heterocycles. The summed E-state index contributed by atoms with van der Waals surface area (Å²) in [7, 11) is 0. The van der Waals surface area contributed by atoms with Crippen LogP contribution in [0.4, 0.5) is 10.1 Å². The van der Waals surface area contributed by atoms with Gasteiger partial charge in [-0.3, -0.25) is 4.79 Å². The second-order valence-corrected chi connectivity index (χ2v) is 8.82. The van der Waals surface area contributed by atoms with E-state index in [-0.39, 0.29) is 18.0 Å². The third-order valence-corrected chi connectivity index (χ3v) is 5.70. The van der Waals surface area contributed by atoms with Crippen LogP contribution in [0.15, 0.2) is 70.7 Å². The van der Waals surface area contributed by atoms with Crippen LogP contribution >= 0.6 is 50.1 Å². The van der Waals surface area contributed by atoms with E-state index in [4.69, 9.17) is 16.3 Å². The number of amides is 1. The van der Waals surface area contributed by atoms with Gasteiger partial charge in [0.15, 0.2) is 0 Å². The Balaban J connectivity index is 1.76. The van der Waals surface area contributed by atoms with Gasteiger partial charge in [0.1, 0.15) is 29.8 Å². The van der Waals surface area contributed by atoms with E-state index in [2.05, 4.69) is 43.8 Å². The molecular formula is C23H14BrClFIN2O2. The number of carbonyl (C=O) groups is 1. The van der Waals surface area contributed by atoms with Gasteiger partial charge < -0.3 is 10.1 Å². The number of halogens is 4. The zero-order chi connectivity index (χ0) is 22.4. The topological polar surface area (TPSA) is 62.1 Å². The van der Waals surface area contributed by atoms with E-state index >= 15 is 0 Å². The van der Waals surface area contributed by atoms with Gasteiger partial charge in [0.2, 0.25) is 0 Å². The third kappa shape index (κ3) is 6.53. The van der Waals surface area contributed by atoms with Gasteiger partial charge in [0.25, 0.3) is 5.91 Å². The van der Waals surface area contributed by atoms with E-state index in [0.29, 0.717) is 26.5 Å². The SMILES string of the molecule is N#C/C(=C\c1cc(Br)c(OCc2ccc(F)cc2)c(I)c1)C(=O)Nc1cccc(Cl)c1. The van der Waals surface area contributed by atoms with Crippen LogP contribution < -0.4 is 10.1 Å². The highest BCUT2D eigenvalue weighted by Crippen LogP contribution is 2.33. The van der Waals surface area contributed by atoms with Crippen LogP contribution in [-0.4, -0.2) is 5.91 Å². The fourth-order valence-corrected chi connectivity index (χ4v) is 4.58. The van der Waals surface area contributed by atoms with Gasteiger partial charge in [-0.25, -0.2) is 4.39 Å². The predicted octanol–water partition coefficient (Wildman–Crippen LogP) is 6.97. The van der Waals surface area contributed by atoms with E-state index in [0.717, 1.165) is 9.13 Å². The van der Waals surface area contributed by atoms with Gasteiger partial charge in [-0.2, -0.15) is 5.26 Å². The molecule has 3 rings (SSSR count). The quantitative estimate of drug-likeness (QED) is 0.186. The lowest BCUT2D eigenvalue weighted by Crippen LogP contribution is -2.13. The lowest BCUT2D eigenvalue weighted by molar-refractivity contribution is -0.112. The van der Waals surface area contributed by atoms with Gasteiger partial charge in [-0.1, -0.05) is 29.8 Å². The molecule has 156 valence electrons. The fraction of sp³-hybridized carbons (Fsp3) is 0.0435. The first kappa shape index (κ1) is 23.3. The molecule has 3 aromatic carbocycles. The van der Waals surface area contributed by atoms with E-state index in [1.807, 2.05) is 6.07 Å². The van der Waals surface area contributed by atoms with Crippen LogP contribution in [0.1, 0.15) is 11.1 Å². The summed E-state index contributed by atoms with van der Waals surface area (Å²) in [4.78, 5) is 12.5. The van der Waals surface area contributed by atoms with Crippen molar-refractivity contribution in [2.45, 2.75) is 6.61 Å². The van der Waals surface area contributed by atoms with Crippen molar-refractivity contribution in [1.82, 2.24) is 0 Å². The van der Waals surface area contributed by atoms with Crippen molar-refractivity contribution in [3.63, 3.8) is 0 Å². The molecule has 0 bridgehead atoms. The number of anilines is 1. The minimum Gasteiger partial charge on any atom is -0.487 e. The van der Waals surface area contributed by atoms with Crippen molar-refractivity contribution in [1.29, 1.82) is 5.26 Å². The highest BCUT2D eigenvalue weighted by Gasteiger charge is 2.13. The smallest absolute Gasteiger partial charge is 0.266 e. The summed E-state index contributed by atoms with van der Waals surface area (Å²) in [5.41, 5.74) is 1.93. The lowest BCUT2D eigenvalue weighted by Gasteiger charge is -2.12. The standard InChI is InChI=1S/C23H14BrClFIN2O2/c24-20-9-15(8-16(12-28)23(30)29-19-3-1-2-17(25)11-19)10-21(27)22(20)31-13-14-4-6-18(26)7-5-14/h1-11H,13H2,(H,29,30)/b16-8+. The lowest BCUT2D eigenvalue weighted by atomic mass is 10.1.